The van der Waals surface area contributed by atoms with Crippen LogP contribution in [0, 0.1) is 0 Å². The lowest BCUT2D eigenvalue weighted by Gasteiger charge is -2.30. The number of anilines is 1. The Kier molecular flexibility index (Phi) is 3.83. The van der Waals surface area contributed by atoms with E-state index < -0.39 is 0 Å². The predicted octanol–water partition coefficient (Wildman–Crippen LogP) is 2.93. The van der Waals surface area contributed by atoms with Crippen molar-refractivity contribution in [1.82, 2.24) is 4.90 Å². The average Bonchev–Trinajstić information content (AvgIpc) is 2.30. The highest BCUT2D eigenvalue weighted by molar-refractivity contribution is 5.45. The normalized spacial score (nSPS) is 22.0. The number of benzene rings is 1. The highest BCUT2D eigenvalue weighted by Crippen LogP contribution is 2.26. The van der Waals surface area contributed by atoms with E-state index in [2.05, 4.69) is 48.5 Å². The molecule has 0 amide bonds. The van der Waals surface area contributed by atoms with Crippen LogP contribution in [0.2, 0.25) is 0 Å². The quantitative estimate of drug-likeness (QED) is 0.839. The molecule has 1 atom stereocenters. The van der Waals surface area contributed by atoms with Crippen molar-refractivity contribution in [3.8, 4) is 0 Å². The Hall–Kier alpha value is -1.02. The number of likely N-dealkylation sites (tertiary alicyclic amines) is 1. The first-order valence-corrected chi connectivity index (χ1v) is 6.32. The zero-order chi connectivity index (χ0) is 11.4. The maximum absolute atomic E-state index is 3.34. The maximum atomic E-state index is 3.34. The predicted molar refractivity (Wildman–Crippen MR) is 70.1 cm³/mol. The Balaban J connectivity index is 2.03. The van der Waals surface area contributed by atoms with Crippen LogP contribution in [0.4, 0.5) is 5.69 Å². The first-order valence-electron chi connectivity index (χ1n) is 6.32. The smallest absolute Gasteiger partial charge is 0.0340 e. The van der Waals surface area contributed by atoms with Crippen LogP contribution >= 0.6 is 0 Å². The number of rotatable bonds is 3. The fourth-order valence-corrected chi connectivity index (χ4v) is 2.52. The first-order chi connectivity index (χ1) is 7.79. The maximum Gasteiger partial charge on any atom is 0.0340 e. The molecule has 1 N–H and O–H groups in total. The van der Waals surface area contributed by atoms with E-state index in [9.17, 15) is 0 Å². The summed E-state index contributed by atoms with van der Waals surface area (Å²) in [4.78, 5) is 2.44. The lowest BCUT2D eigenvalue weighted by molar-refractivity contribution is 0.251. The Labute approximate surface area is 98.7 Å². The van der Waals surface area contributed by atoms with Gasteiger partial charge in [0, 0.05) is 18.8 Å². The molecule has 88 valence electrons. The zero-order valence-corrected chi connectivity index (χ0v) is 10.4. The van der Waals surface area contributed by atoms with Gasteiger partial charge in [-0.2, -0.15) is 0 Å². The van der Waals surface area contributed by atoms with Gasteiger partial charge in [0.25, 0.3) is 0 Å². The van der Waals surface area contributed by atoms with Gasteiger partial charge in [-0.3, -0.25) is 0 Å². The summed E-state index contributed by atoms with van der Waals surface area (Å²) in [5.74, 6) is 0.731. The summed E-state index contributed by atoms with van der Waals surface area (Å²) in [6.07, 6.45) is 2.67. The fourth-order valence-electron chi connectivity index (χ4n) is 2.52. The van der Waals surface area contributed by atoms with E-state index in [1.54, 1.807) is 0 Å². The van der Waals surface area contributed by atoms with E-state index in [0.29, 0.717) is 0 Å². The first kappa shape index (κ1) is 11.5. The highest BCUT2D eigenvalue weighted by Gasteiger charge is 2.18. The lowest BCUT2D eigenvalue weighted by atomic mass is 9.91. The van der Waals surface area contributed by atoms with Gasteiger partial charge in [0.2, 0.25) is 0 Å². The van der Waals surface area contributed by atoms with Gasteiger partial charge >= 0.3 is 0 Å². The second-order valence-corrected chi connectivity index (χ2v) is 4.75. The topological polar surface area (TPSA) is 15.3 Å². The van der Waals surface area contributed by atoms with Crippen LogP contribution in [-0.2, 0) is 0 Å². The summed E-state index contributed by atoms with van der Waals surface area (Å²) in [5, 5.41) is 3.34. The van der Waals surface area contributed by atoms with Crippen LogP contribution in [0.25, 0.3) is 0 Å². The highest BCUT2D eigenvalue weighted by atomic mass is 15.1. The minimum Gasteiger partial charge on any atom is -0.385 e. The summed E-state index contributed by atoms with van der Waals surface area (Å²) in [6.45, 7) is 5.59. The van der Waals surface area contributed by atoms with Gasteiger partial charge in [0.05, 0.1) is 0 Å². The molecule has 2 rings (SSSR count). The molecule has 2 heteroatoms. The number of nitrogens with one attached hydrogen (secondary N) is 1. The van der Waals surface area contributed by atoms with Crippen molar-refractivity contribution in [3.63, 3.8) is 0 Å². The van der Waals surface area contributed by atoms with E-state index in [1.807, 2.05) is 0 Å². The van der Waals surface area contributed by atoms with Crippen LogP contribution in [0.3, 0.4) is 0 Å². The Morgan fingerprint density at radius 2 is 2.06 bits per heavy atom. The van der Waals surface area contributed by atoms with Gasteiger partial charge in [-0.15, -0.1) is 0 Å². The van der Waals surface area contributed by atoms with Crippen LogP contribution in [0.1, 0.15) is 31.2 Å². The third kappa shape index (κ3) is 2.76. The van der Waals surface area contributed by atoms with Crippen molar-refractivity contribution >= 4 is 5.69 Å². The molecule has 0 bridgehead atoms. The Morgan fingerprint density at radius 1 is 1.31 bits per heavy atom. The minimum atomic E-state index is 0.731. The Bertz CT molecular complexity index is 318. The fraction of sp³-hybridized carbons (Fsp3) is 0.571. The summed E-state index contributed by atoms with van der Waals surface area (Å²) >= 11 is 0. The van der Waals surface area contributed by atoms with Crippen LogP contribution in [0.5, 0.6) is 0 Å². The summed E-state index contributed by atoms with van der Waals surface area (Å²) < 4.78 is 0. The second kappa shape index (κ2) is 5.35. The second-order valence-electron chi connectivity index (χ2n) is 4.75. The number of likely N-dealkylation sites (N-methyl/N-ethyl adjacent to an activating group) is 1. The summed E-state index contributed by atoms with van der Waals surface area (Å²) in [6, 6.07) is 8.96. The molecule has 1 aliphatic rings. The molecule has 0 spiro atoms. The van der Waals surface area contributed by atoms with Crippen molar-refractivity contribution < 1.29 is 0 Å². The van der Waals surface area contributed by atoms with E-state index in [4.69, 9.17) is 0 Å². The van der Waals surface area contributed by atoms with Crippen LogP contribution in [-0.4, -0.2) is 31.6 Å². The van der Waals surface area contributed by atoms with Crippen molar-refractivity contribution in [3.05, 3.63) is 29.8 Å². The van der Waals surface area contributed by atoms with Crippen molar-refractivity contribution in [1.29, 1.82) is 0 Å². The van der Waals surface area contributed by atoms with E-state index in [-0.39, 0.29) is 0 Å². The molecule has 1 heterocycles. The summed E-state index contributed by atoms with van der Waals surface area (Å²) in [5.41, 5.74) is 2.73. The lowest BCUT2D eigenvalue weighted by Crippen LogP contribution is -2.30. The monoisotopic (exact) mass is 218 g/mol. The van der Waals surface area contributed by atoms with Gasteiger partial charge < -0.3 is 10.2 Å². The molecule has 0 radical (unpaired) electrons. The van der Waals surface area contributed by atoms with Gasteiger partial charge in [-0.1, -0.05) is 12.1 Å². The number of hydrogen-bond acceptors (Lipinski definition) is 2. The third-order valence-corrected chi connectivity index (χ3v) is 3.39. The average molecular weight is 218 g/mol. The Morgan fingerprint density at radius 3 is 2.69 bits per heavy atom. The van der Waals surface area contributed by atoms with E-state index >= 15 is 0 Å². The molecule has 1 fully saturated rings. The molecular formula is C14H22N2. The zero-order valence-electron chi connectivity index (χ0n) is 10.4. The molecule has 1 unspecified atom stereocenters. The van der Waals surface area contributed by atoms with Gasteiger partial charge in [-0.05, 0) is 57.0 Å². The number of nitrogens with zero attached hydrogens (tertiary/aromatic N) is 1. The molecule has 1 aromatic carbocycles. The largest absolute Gasteiger partial charge is 0.385 e. The van der Waals surface area contributed by atoms with Crippen molar-refractivity contribution in [2.75, 3.05) is 32.0 Å². The molecule has 16 heavy (non-hydrogen) atoms. The molecule has 2 nitrogen and oxygen atoms in total. The van der Waals surface area contributed by atoms with Crippen LogP contribution in [0.15, 0.2) is 24.3 Å². The standard InChI is InChI=1S/C14H22N2/c1-3-15-14-8-6-12(7-9-14)13-5-4-10-16(2)11-13/h6-9,13,15H,3-5,10-11H2,1-2H3. The molecule has 0 saturated carbocycles. The molecular weight excluding hydrogens is 196 g/mol. The van der Waals surface area contributed by atoms with Gasteiger partial charge in [0.15, 0.2) is 0 Å². The van der Waals surface area contributed by atoms with Crippen molar-refractivity contribution in [2.45, 2.75) is 25.7 Å². The third-order valence-electron chi connectivity index (χ3n) is 3.39. The number of piperidine rings is 1. The molecule has 0 aliphatic carbocycles. The SMILES string of the molecule is CCNc1ccc(C2CCCN(C)C2)cc1. The van der Waals surface area contributed by atoms with E-state index in [0.717, 1.165) is 12.5 Å². The minimum absolute atomic E-state index is 0.731. The number of hydrogen-bond donors (Lipinski definition) is 1. The van der Waals surface area contributed by atoms with E-state index in [1.165, 1.54) is 37.2 Å². The van der Waals surface area contributed by atoms with Gasteiger partial charge in [-0.25, -0.2) is 0 Å². The molecule has 1 saturated heterocycles. The molecule has 1 aliphatic heterocycles. The molecule has 1 aromatic rings. The molecule has 0 aromatic heterocycles. The van der Waals surface area contributed by atoms with Gasteiger partial charge in [0.1, 0.15) is 0 Å². The van der Waals surface area contributed by atoms with Crippen molar-refractivity contribution in [2.24, 2.45) is 0 Å². The summed E-state index contributed by atoms with van der Waals surface area (Å²) in [7, 11) is 2.22. The van der Waals surface area contributed by atoms with Crippen LogP contribution < -0.4 is 5.32 Å².